The predicted octanol–water partition coefficient (Wildman–Crippen LogP) is 4.30. The summed E-state index contributed by atoms with van der Waals surface area (Å²) in [5.74, 6) is -0.129. The van der Waals surface area contributed by atoms with Gasteiger partial charge in [-0.05, 0) is 31.4 Å². The zero-order valence-electron chi connectivity index (χ0n) is 15.7. The molecule has 2 heterocycles. The van der Waals surface area contributed by atoms with Crippen LogP contribution in [0.4, 0.5) is 13.2 Å². The number of amides is 1. The molecule has 3 aromatic rings. The van der Waals surface area contributed by atoms with E-state index in [1.807, 2.05) is 17.9 Å². The second-order valence-corrected chi connectivity index (χ2v) is 7.94. The standard InChI is InChI=1S/C20H19F3N4OS/c1-27-17-4-2-3-16(15(17)10-24-27)26-18(28)9-14-11-29-19(25-14)12-5-7-13(8-6-12)20(21,22)23/h5-8,10-11,16H,2-4,9H2,1H3,(H,26,28). The van der Waals surface area contributed by atoms with E-state index in [4.69, 9.17) is 0 Å². The largest absolute Gasteiger partial charge is 0.416 e. The highest BCUT2D eigenvalue weighted by molar-refractivity contribution is 7.13. The number of rotatable bonds is 4. The van der Waals surface area contributed by atoms with Gasteiger partial charge in [0.1, 0.15) is 5.01 Å². The number of nitrogens with one attached hydrogen (secondary N) is 1. The molecule has 1 unspecified atom stereocenters. The highest BCUT2D eigenvalue weighted by Gasteiger charge is 2.30. The van der Waals surface area contributed by atoms with Crippen molar-refractivity contribution in [2.24, 2.45) is 7.05 Å². The van der Waals surface area contributed by atoms with Gasteiger partial charge in [-0.25, -0.2) is 4.98 Å². The Kier molecular flexibility index (Phi) is 5.16. The van der Waals surface area contributed by atoms with Crippen LogP contribution in [-0.2, 0) is 30.9 Å². The SMILES string of the molecule is Cn1ncc2c1CCCC2NC(=O)Cc1csc(-c2ccc(C(F)(F)F)cc2)n1. The molecule has 9 heteroatoms. The molecule has 4 rings (SSSR count). The van der Waals surface area contributed by atoms with Crippen molar-refractivity contribution < 1.29 is 18.0 Å². The molecule has 0 bridgehead atoms. The number of carbonyl (C=O) groups excluding carboxylic acids is 1. The number of halogens is 3. The van der Waals surface area contributed by atoms with Gasteiger partial charge in [0.05, 0.1) is 29.9 Å². The fourth-order valence-electron chi connectivity index (χ4n) is 3.59. The maximum Gasteiger partial charge on any atom is 0.416 e. The van der Waals surface area contributed by atoms with Crippen LogP contribution in [0.3, 0.4) is 0 Å². The van der Waals surface area contributed by atoms with E-state index >= 15 is 0 Å². The molecule has 0 spiro atoms. The summed E-state index contributed by atoms with van der Waals surface area (Å²) in [4.78, 5) is 16.9. The molecule has 29 heavy (non-hydrogen) atoms. The first-order valence-corrected chi connectivity index (χ1v) is 10.1. The van der Waals surface area contributed by atoms with Crippen molar-refractivity contribution in [1.29, 1.82) is 0 Å². The van der Waals surface area contributed by atoms with E-state index in [1.54, 1.807) is 5.38 Å². The average Bonchev–Trinajstić information content (AvgIpc) is 3.29. The van der Waals surface area contributed by atoms with Gasteiger partial charge >= 0.3 is 6.18 Å². The first kappa shape index (κ1) is 19.6. The van der Waals surface area contributed by atoms with E-state index in [9.17, 15) is 18.0 Å². The number of alkyl halides is 3. The van der Waals surface area contributed by atoms with Gasteiger partial charge in [0, 0.05) is 29.2 Å². The molecule has 1 aliphatic carbocycles. The van der Waals surface area contributed by atoms with Crippen LogP contribution in [0.5, 0.6) is 0 Å². The van der Waals surface area contributed by atoms with Crippen molar-refractivity contribution >= 4 is 17.2 Å². The molecule has 1 N–H and O–H groups in total. The second-order valence-electron chi connectivity index (χ2n) is 7.08. The van der Waals surface area contributed by atoms with Crippen molar-refractivity contribution in [3.8, 4) is 10.6 Å². The third-order valence-electron chi connectivity index (χ3n) is 5.06. The van der Waals surface area contributed by atoms with E-state index in [1.165, 1.54) is 23.5 Å². The lowest BCUT2D eigenvalue weighted by Crippen LogP contribution is -2.32. The quantitative estimate of drug-likeness (QED) is 0.685. The molecule has 0 saturated carbocycles. The lowest BCUT2D eigenvalue weighted by atomic mass is 9.93. The molecule has 1 amide bonds. The normalized spacial score (nSPS) is 16.5. The van der Waals surface area contributed by atoms with Gasteiger partial charge in [-0.1, -0.05) is 12.1 Å². The Hall–Kier alpha value is -2.68. The summed E-state index contributed by atoms with van der Waals surface area (Å²) in [5.41, 5.74) is 2.72. The Labute approximate surface area is 169 Å². The van der Waals surface area contributed by atoms with Crippen LogP contribution in [0.25, 0.3) is 10.6 Å². The van der Waals surface area contributed by atoms with Crippen LogP contribution in [0.2, 0.25) is 0 Å². The number of aryl methyl sites for hydroxylation is 1. The molecule has 1 atom stereocenters. The smallest absolute Gasteiger partial charge is 0.349 e. The fraction of sp³-hybridized carbons (Fsp3) is 0.350. The summed E-state index contributed by atoms with van der Waals surface area (Å²) in [7, 11) is 1.90. The fourth-order valence-corrected chi connectivity index (χ4v) is 4.41. The number of carbonyl (C=O) groups is 1. The molecule has 1 aliphatic rings. The number of fused-ring (bicyclic) bond motifs is 1. The zero-order valence-corrected chi connectivity index (χ0v) is 16.5. The van der Waals surface area contributed by atoms with Crippen LogP contribution < -0.4 is 5.32 Å². The molecular weight excluding hydrogens is 401 g/mol. The van der Waals surface area contributed by atoms with E-state index < -0.39 is 11.7 Å². The minimum absolute atomic E-state index is 0.0482. The average molecular weight is 420 g/mol. The van der Waals surface area contributed by atoms with Gasteiger partial charge in [0.15, 0.2) is 0 Å². The highest BCUT2D eigenvalue weighted by Crippen LogP contribution is 2.32. The third kappa shape index (κ3) is 4.19. The van der Waals surface area contributed by atoms with Crippen LogP contribution in [0.1, 0.15) is 41.4 Å². The molecule has 2 aromatic heterocycles. The summed E-state index contributed by atoms with van der Waals surface area (Å²) >= 11 is 1.31. The van der Waals surface area contributed by atoms with Crippen LogP contribution in [0, 0.1) is 0 Å². The Morgan fingerprint density at radius 1 is 1.31 bits per heavy atom. The van der Waals surface area contributed by atoms with Gasteiger partial charge in [-0.3, -0.25) is 9.48 Å². The Morgan fingerprint density at radius 2 is 2.07 bits per heavy atom. The van der Waals surface area contributed by atoms with E-state index in [0.29, 0.717) is 16.3 Å². The van der Waals surface area contributed by atoms with Gasteiger partial charge in [-0.15, -0.1) is 11.3 Å². The van der Waals surface area contributed by atoms with Crippen molar-refractivity contribution in [3.05, 3.63) is 58.4 Å². The maximum atomic E-state index is 12.7. The minimum Gasteiger partial charge on any atom is -0.349 e. The van der Waals surface area contributed by atoms with Crippen molar-refractivity contribution in [3.63, 3.8) is 0 Å². The van der Waals surface area contributed by atoms with Gasteiger partial charge in [-0.2, -0.15) is 18.3 Å². The summed E-state index contributed by atoms with van der Waals surface area (Å²) in [6.45, 7) is 0. The Balaban J connectivity index is 1.41. The van der Waals surface area contributed by atoms with Crippen LogP contribution in [0.15, 0.2) is 35.8 Å². The number of thiazole rings is 1. The number of nitrogens with zero attached hydrogens (tertiary/aromatic N) is 3. The summed E-state index contributed by atoms with van der Waals surface area (Å²) < 4.78 is 39.9. The monoisotopic (exact) mass is 420 g/mol. The molecule has 152 valence electrons. The molecule has 1 aromatic carbocycles. The maximum absolute atomic E-state index is 12.7. The van der Waals surface area contributed by atoms with Gasteiger partial charge in [0.25, 0.3) is 0 Å². The van der Waals surface area contributed by atoms with Crippen molar-refractivity contribution in [2.75, 3.05) is 0 Å². The van der Waals surface area contributed by atoms with Gasteiger partial charge < -0.3 is 5.32 Å². The number of hydrogen-bond donors (Lipinski definition) is 1. The number of hydrogen-bond acceptors (Lipinski definition) is 4. The predicted molar refractivity (Wildman–Crippen MR) is 103 cm³/mol. The molecule has 0 saturated heterocycles. The van der Waals surface area contributed by atoms with E-state index in [0.717, 1.165) is 42.7 Å². The molecule has 5 nitrogen and oxygen atoms in total. The first-order valence-electron chi connectivity index (χ1n) is 9.23. The Bertz CT molecular complexity index is 1020. The van der Waals surface area contributed by atoms with E-state index in [2.05, 4.69) is 15.4 Å². The van der Waals surface area contributed by atoms with Crippen molar-refractivity contribution in [2.45, 2.75) is 37.9 Å². The summed E-state index contributed by atoms with van der Waals surface area (Å²) in [5, 5.41) is 9.70. The minimum atomic E-state index is -4.36. The van der Waals surface area contributed by atoms with Crippen LogP contribution >= 0.6 is 11.3 Å². The molecular formula is C20H19F3N4OS. The lowest BCUT2D eigenvalue weighted by Gasteiger charge is -2.23. The number of aromatic nitrogens is 3. The van der Waals surface area contributed by atoms with Crippen molar-refractivity contribution in [1.82, 2.24) is 20.1 Å². The van der Waals surface area contributed by atoms with E-state index in [-0.39, 0.29) is 18.4 Å². The summed E-state index contributed by atoms with van der Waals surface area (Å²) in [6, 6.07) is 4.83. The second kappa shape index (κ2) is 7.62. The lowest BCUT2D eigenvalue weighted by molar-refractivity contribution is -0.137. The summed E-state index contributed by atoms with van der Waals surface area (Å²) in [6.07, 6.45) is 0.400. The zero-order chi connectivity index (χ0) is 20.6. The molecule has 0 aliphatic heterocycles. The molecule has 0 fully saturated rings. The Morgan fingerprint density at radius 3 is 2.79 bits per heavy atom. The van der Waals surface area contributed by atoms with Gasteiger partial charge in [0.2, 0.25) is 5.91 Å². The topological polar surface area (TPSA) is 59.8 Å². The first-order chi connectivity index (χ1) is 13.8. The highest BCUT2D eigenvalue weighted by atomic mass is 32.1. The van der Waals surface area contributed by atoms with Crippen LogP contribution in [-0.4, -0.2) is 20.7 Å². The number of benzene rings is 1. The third-order valence-corrected chi connectivity index (χ3v) is 6.00. The molecule has 0 radical (unpaired) electrons.